The number of halogens is 1. The second kappa shape index (κ2) is 8.99. The van der Waals surface area contributed by atoms with Crippen molar-refractivity contribution in [3.63, 3.8) is 0 Å². The summed E-state index contributed by atoms with van der Waals surface area (Å²) in [4.78, 5) is 24.1. The van der Waals surface area contributed by atoms with Crippen LogP contribution in [0.25, 0.3) is 0 Å². The van der Waals surface area contributed by atoms with Crippen LogP contribution in [0, 0.1) is 0 Å². The molecule has 0 spiro atoms. The molecule has 2 aromatic carbocycles. The van der Waals surface area contributed by atoms with Crippen molar-refractivity contribution >= 4 is 33.4 Å². The van der Waals surface area contributed by atoms with Crippen molar-refractivity contribution < 1.29 is 27.2 Å². The van der Waals surface area contributed by atoms with E-state index in [4.69, 9.17) is 25.9 Å². The van der Waals surface area contributed by atoms with Crippen LogP contribution in [0.3, 0.4) is 0 Å². The molecule has 9 nitrogen and oxygen atoms in total. The predicted molar refractivity (Wildman–Crippen MR) is 107 cm³/mol. The third-order valence-corrected chi connectivity index (χ3v) is 5.05. The maximum atomic E-state index is 12.2. The number of nitrogens with two attached hydrogens (primary N) is 1. The number of ether oxygens (including phenoxy) is 1. The largest absolute Gasteiger partial charge is 0.486 e. The number of benzene rings is 2. The van der Waals surface area contributed by atoms with Gasteiger partial charge in [-0.15, -0.1) is 0 Å². The quantitative estimate of drug-likeness (QED) is 0.493. The highest BCUT2D eigenvalue weighted by atomic mass is 35.5. The average molecular weight is 450 g/mol. The molecular weight excluding hydrogens is 434 g/mol. The van der Waals surface area contributed by atoms with Gasteiger partial charge in [0.05, 0.1) is 15.5 Å². The van der Waals surface area contributed by atoms with Crippen LogP contribution in [0.15, 0.2) is 70.0 Å². The lowest BCUT2D eigenvalue weighted by Crippen LogP contribution is -2.41. The molecule has 0 fully saturated rings. The summed E-state index contributed by atoms with van der Waals surface area (Å²) >= 11 is 5.92. The Balaban J connectivity index is 1.59. The minimum atomic E-state index is -4.03. The van der Waals surface area contributed by atoms with E-state index in [1.165, 1.54) is 12.1 Å². The molecular formula is C19H16ClN3O6S. The lowest BCUT2D eigenvalue weighted by Gasteiger charge is -2.08. The zero-order valence-corrected chi connectivity index (χ0v) is 16.9. The van der Waals surface area contributed by atoms with Gasteiger partial charge in [-0.25, -0.2) is 13.6 Å². The van der Waals surface area contributed by atoms with Crippen molar-refractivity contribution in [2.24, 2.45) is 5.14 Å². The van der Waals surface area contributed by atoms with Gasteiger partial charge in [-0.3, -0.25) is 20.4 Å². The highest BCUT2D eigenvalue weighted by molar-refractivity contribution is 7.89. The second-order valence-corrected chi connectivity index (χ2v) is 7.93. The lowest BCUT2D eigenvalue weighted by molar-refractivity contribution is 0.0828. The van der Waals surface area contributed by atoms with Crippen molar-refractivity contribution in [2.75, 3.05) is 0 Å². The molecule has 3 aromatic rings. The molecule has 11 heteroatoms. The van der Waals surface area contributed by atoms with E-state index < -0.39 is 21.8 Å². The van der Waals surface area contributed by atoms with E-state index in [1.807, 2.05) is 18.2 Å². The molecule has 0 aliphatic rings. The molecule has 3 rings (SSSR count). The fourth-order valence-corrected chi connectivity index (χ4v) is 3.09. The number of rotatable bonds is 6. The minimum absolute atomic E-state index is 0.0208. The predicted octanol–water partition coefficient (Wildman–Crippen LogP) is 2.23. The summed E-state index contributed by atoms with van der Waals surface area (Å²) in [5.41, 5.74) is 4.11. The molecule has 0 saturated carbocycles. The zero-order chi connectivity index (χ0) is 21.7. The molecule has 1 heterocycles. The van der Waals surface area contributed by atoms with Crippen LogP contribution in [0.2, 0.25) is 5.02 Å². The summed E-state index contributed by atoms with van der Waals surface area (Å²) in [5, 5.41) is 5.02. The molecule has 2 amide bonds. The summed E-state index contributed by atoms with van der Waals surface area (Å²) < 4.78 is 33.8. The van der Waals surface area contributed by atoms with Crippen LogP contribution in [0.1, 0.15) is 26.7 Å². The number of para-hydroxylation sites is 1. The number of amides is 2. The van der Waals surface area contributed by atoms with Crippen molar-refractivity contribution in [1.29, 1.82) is 0 Å². The Morgan fingerprint density at radius 1 is 1.00 bits per heavy atom. The molecule has 4 N–H and O–H groups in total. The maximum Gasteiger partial charge on any atom is 0.305 e. The van der Waals surface area contributed by atoms with Crippen LogP contribution in [0.4, 0.5) is 0 Å². The number of furan rings is 1. The molecule has 1 aromatic heterocycles. The summed E-state index contributed by atoms with van der Waals surface area (Å²) in [7, 11) is -4.03. The lowest BCUT2D eigenvalue weighted by atomic mass is 10.2. The number of carbonyl (C=O) groups is 2. The maximum absolute atomic E-state index is 12.2. The molecule has 30 heavy (non-hydrogen) atoms. The van der Waals surface area contributed by atoms with Gasteiger partial charge in [0.25, 0.3) is 5.91 Å². The highest BCUT2D eigenvalue weighted by Gasteiger charge is 2.18. The van der Waals surface area contributed by atoms with Gasteiger partial charge in [-0.2, -0.15) is 0 Å². The second-order valence-electron chi connectivity index (χ2n) is 5.96. The summed E-state index contributed by atoms with van der Waals surface area (Å²) in [6, 6.07) is 15.4. The van der Waals surface area contributed by atoms with E-state index in [-0.39, 0.29) is 27.8 Å². The Morgan fingerprint density at radius 3 is 2.40 bits per heavy atom. The minimum Gasteiger partial charge on any atom is -0.486 e. The molecule has 156 valence electrons. The molecule has 0 aliphatic heterocycles. The Morgan fingerprint density at radius 2 is 1.70 bits per heavy atom. The smallest absolute Gasteiger partial charge is 0.305 e. The fraction of sp³-hybridized carbons (Fsp3) is 0.0526. The fourth-order valence-electron chi connectivity index (χ4n) is 2.35. The molecule has 0 atom stereocenters. The Bertz CT molecular complexity index is 1180. The summed E-state index contributed by atoms with van der Waals surface area (Å²) in [6.07, 6.45) is 0. The monoisotopic (exact) mass is 449 g/mol. The molecule has 0 aliphatic carbocycles. The van der Waals surface area contributed by atoms with E-state index in [0.717, 1.165) is 12.1 Å². The van der Waals surface area contributed by atoms with Crippen LogP contribution >= 0.6 is 11.6 Å². The van der Waals surface area contributed by atoms with Crippen molar-refractivity contribution in [1.82, 2.24) is 10.9 Å². The van der Waals surface area contributed by atoms with Gasteiger partial charge in [0.15, 0.2) is 5.76 Å². The zero-order valence-electron chi connectivity index (χ0n) is 15.3. The number of hydrogen-bond donors (Lipinski definition) is 3. The molecule has 0 bridgehead atoms. The van der Waals surface area contributed by atoms with Gasteiger partial charge >= 0.3 is 5.91 Å². The molecule has 0 unspecified atom stereocenters. The third kappa shape index (κ3) is 5.38. The standard InChI is InChI=1S/C19H16ClN3O6S/c20-16-8-7-14(30(21,26)27)10-15(16)18(24)22-23-19(25)17-9-6-13(29-17)11-28-12-4-2-1-3-5-12/h1-10H,11H2,(H,22,24)(H,23,25)(H2,21,26,27). The van der Waals surface area contributed by atoms with E-state index in [9.17, 15) is 18.0 Å². The summed E-state index contributed by atoms with van der Waals surface area (Å²) in [5.74, 6) is -0.581. The van der Waals surface area contributed by atoms with E-state index in [0.29, 0.717) is 11.5 Å². The number of nitrogens with one attached hydrogen (secondary N) is 2. The van der Waals surface area contributed by atoms with Gasteiger partial charge in [-0.05, 0) is 42.5 Å². The number of hydrazine groups is 1. The number of hydrogen-bond acceptors (Lipinski definition) is 6. The van der Waals surface area contributed by atoms with E-state index in [1.54, 1.807) is 18.2 Å². The van der Waals surface area contributed by atoms with Crippen LogP contribution in [-0.2, 0) is 16.6 Å². The van der Waals surface area contributed by atoms with Gasteiger partial charge in [0.2, 0.25) is 10.0 Å². The summed E-state index contributed by atoms with van der Waals surface area (Å²) in [6.45, 7) is 0.111. The van der Waals surface area contributed by atoms with Crippen LogP contribution in [0.5, 0.6) is 5.75 Å². The molecule has 0 radical (unpaired) electrons. The first-order valence-corrected chi connectivity index (χ1v) is 10.4. The number of carbonyl (C=O) groups excluding carboxylic acids is 2. The Labute approximate surface area is 176 Å². The van der Waals surface area contributed by atoms with Gasteiger partial charge in [0.1, 0.15) is 18.1 Å². The van der Waals surface area contributed by atoms with Crippen molar-refractivity contribution in [2.45, 2.75) is 11.5 Å². The third-order valence-electron chi connectivity index (χ3n) is 3.81. The van der Waals surface area contributed by atoms with Crippen molar-refractivity contribution in [3.8, 4) is 5.75 Å². The van der Waals surface area contributed by atoms with Gasteiger partial charge < -0.3 is 9.15 Å². The first-order valence-electron chi connectivity index (χ1n) is 8.43. The van der Waals surface area contributed by atoms with Crippen LogP contribution in [-0.4, -0.2) is 20.2 Å². The van der Waals surface area contributed by atoms with E-state index >= 15 is 0 Å². The average Bonchev–Trinajstić information content (AvgIpc) is 3.19. The topological polar surface area (TPSA) is 141 Å². The highest BCUT2D eigenvalue weighted by Crippen LogP contribution is 2.20. The van der Waals surface area contributed by atoms with Gasteiger partial charge in [0, 0.05) is 0 Å². The van der Waals surface area contributed by atoms with Crippen LogP contribution < -0.4 is 20.7 Å². The van der Waals surface area contributed by atoms with Crippen molar-refractivity contribution in [3.05, 3.63) is 82.8 Å². The number of primary sulfonamides is 1. The first kappa shape index (κ1) is 21.4. The number of sulfonamides is 1. The SMILES string of the molecule is NS(=O)(=O)c1ccc(Cl)c(C(=O)NNC(=O)c2ccc(COc3ccccc3)o2)c1. The van der Waals surface area contributed by atoms with E-state index in [2.05, 4.69) is 10.9 Å². The normalized spacial score (nSPS) is 11.0. The Kier molecular flexibility index (Phi) is 6.40. The molecule has 0 saturated heterocycles. The first-order chi connectivity index (χ1) is 14.2. The Hall–Kier alpha value is -3.34. The van der Waals surface area contributed by atoms with Gasteiger partial charge in [-0.1, -0.05) is 29.8 Å².